The maximum Gasteiger partial charge on any atom is 0.416 e. The lowest BCUT2D eigenvalue weighted by molar-refractivity contribution is -0.137. The van der Waals surface area contributed by atoms with E-state index >= 15 is 0 Å². The summed E-state index contributed by atoms with van der Waals surface area (Å²) in [5.74, 6) is 0.805. The zero-order chi connectivity index (χ0) is 29.1. The predicted molar refractivity (Wildman–Crippen MR) is 153 cm³/mol. The van der Waals surface area contributed by atoms with E-state index in [2.05, 4.69) is 31.3 Å². The van der Waals surface area contributed by atoms with Crippen molar-refractivity contribution in [3.8, 4) is 11.4 Å². The van der Waals surface area contributed by atoms with E-state index in [1.165, 1.54) is 11.8 Å². The summed E-state index contributed by atoms with van der Waals surface area (Å²) in [6, 6.07) is 8.48. The number of pyridine rings is 2. The number of alkyl halides is 3. The average molecular weight is 578 g/mol. The van der Waals surface area contributed by atoms with Gasteiger partial charge in [-0.15, -0.1) is 0 Å². The van der Waals surface area contributed by atoms with Crippen LogP contribution in [0.4, 0.5) is 19.0 Å². The van der Waals surface area contributed by atoms with E-state index in [0.29, 0.717) is 38.0 Å². The van der Waals surface area contributed by atoms with Crippen LogP contribution < -0.4 is 10.2 Å². The van der Waals surface area contributed by atoms with Gasteiger partial charge in [-0.2, -0.15) is 13.2 Å². The van der Waals surface area contributed by atoms with Crippen molar-refractivity contribution in [2.45, 2.75) is 56.8 Å². The standard InChI is InChI=1S/C31H34F3N7O/c32-31(33,34)24-10-14-35-28(17-24)40-15-1-3-23(19-40)30(42)41-16-11-26(20-41)39-25-7-4-21(5-8-25)27-9-6-22(18-38-27)29-36-12-2-13-37-29/h2,4,6,9-10,12-14,17-18,23,25-26,39H,1,3,5,7-8,11,15-16,19-20H2/t23?,25?,26-/m0/s1. The van der Waals surface area contributed by atoms with Crippen LogP contribution in [-0.4, -0.2) is 69.0 Å². The first-order chi connectivity index (χ1) is 20.3. The van der Waals surface area contributed by atoms with Gasteiger partial charge in [0.25, 0.3) is 0 Å². The second-order valence-corrected chi connectivity index (χ2v) is 11.3. The van der Waals surface area contributed by atoms with Gasteiger partial charge in [0.2, 0.25) is 5.91 Å². The lowest BCUT2D eigenvalue weighted by atomic mass is 9.92. The SMILES string of the molecule is O=C(C1CCCN(c2cc(C(F)(F)F)ccn2)C1)N1CC[C@H](NC2CC=C(c3ccc(-c4ncccn4)cn3)CC2)C1. The molecule has 8 nitrogen and oxygen atoms in total. The molecule has 0 spiro atoms. The number of nitrogens with one attached hydrogen (secondary N) is 1. The third kappa shape index (κ3) is 6.46. The zero-order valence-corrected chi connectivity index (χ0v) is 23.3. The molecule has 2 saturated heterocycles. The highest BCUT2D eigenvalue weighted by Crippen LogP contribution is 2.32. The van der Waals surface area contributed by atoms with Crippen molar-refractivity contribution in [2.24, 2.45) is 5.92 Å². The molecular weight excluding hydrogens is 543 g/mol. The van der Waals surface area contributed by atoms with Crippen LogP contribution in [0.3, 0.4) is 0 Å². The molecule has 0 saturated carbocycles. The van der Waals surface area contributed by atoms with E-state index in [1.54, 1.807) is 18.5 Å². The third-order valence-electron chi connectivity index (χ3n) is 8.47. The van der Waals surface area contributed by atoms with Crippen molar-refractivity contribution in [3.05, 3.63) is 72.5 Å². The number of hydrogen-bond donors (Lipinski definition) is 1. The number of hydrogen-bond acceptors (Lipinski definition) is 7. The Kier molecular flexibility index (Phi) is 8.19. The maximum absolute atomic E-state index is 13.4. The lowest BCUT2D eigenvalue weighted by Gasteiger charge is -2.35. The first-order valence-corrected chi connectivity index (χ1v) is 14.6. The monoisotopic (exact) mass is 577 g/mol. The molecule has 5 heterocycles. The molecule has 0 aromatic carbocycles. The number of piperidine rings is 1. The van der Waals surface area contributed by atoms with Gasteiger partial charge in [0.15, 0.2) is 5.82 Å². The van der Waals surface area contributed by atoms with E-state index in [1.807, 2.05) is 28.1 Å². The first kappa shape index (κ1) is 28.3. The molecule has 3 atom stereocenters. The van der Waals surface area contributed by atoms with Crippen LogP contribution >= 0.6 is 0 Å². The molecule has 6 rings (SSSR count). The molecule has 220 valence electrons. The van der Waals surface area contributed by atoms with E-state index in [9.17, 15) is 18.0 Å². The fraction of sp³-hybridized carbons (Fsp3) is 0.452. The second kappa shape index (κ2) is 12.2. The van der Waals surface area contributed by atoms with Gasteiger partial charge < -0.3 is 15.1 Å². The summed E-state index contributed by atoms with van der Waals surface area (Å²) in [6.07, 6.45) is 9.53. The lowest BCUT2D eigenvalue weighted by Crippen LogP contribution is -2.46. The highest BCUT2D eigenvalue weighted by atomic mass is 19.4. The molecule has 1 N–H and O–H groups in total. The molecule has 11 heteroatoms. The minimum Gasteiger partial charge on any atom is -0.356 e. The highest BCUT2D eigenvalue weighted by Gasteiger charge is 2.36. The molecule has 42 heavy (non-hydrogen) atoms. The molecule has 3 aromatic heterocycles. The Labute approximate surface area is 243 Å². The van der Waals surface area contributed by atoms with Crippen molar-refractivity contribution < 1.29 is 18.0 Å². The fourth-order valence-corrected chi connectivity index (χ4v) is 6.22. The van der Waals surface area contributed by atoms with Gasteiger partial charge in [-0.05, 0) is 74.4 Å². The largest absolute Gasteiger partial charge is 0.416 e. The number of halogens is 3. The Morgan fingerprint density at radius 1 is 0.929 bits per heavy atom. The Morgan fingerprint density at radius 3 is 2.52 bits per heavy atom. The highest BCUT2D eigenvalue weighted by molar-refractivity contribution is 5.80. The summed E-state index contributed by atoms with van der Waals surface area (Å²) < 4.78 is 39.6. The summed E-state index contributed by atoms with van der Waals surface area (Å²) >= 11 is 0. The normalized spacial score (nSPS) is 23.1. The summed E-state index contributed by atoms with van der Waals surface area (Å²) in [4.78, 5) is 34.5. The molecule has 0 bridgehead atoms. The maximum atomic E-state index is 13.4. The molecule has 2 fully saturated rings. The number of anilines is 1. The Balaban J connectivity index is 0.996. The number of nitrogens with zero attached hydrogens (tertiary/aromatic N) is 6. The van der Waals surface area contributed by atoms with Gasteiger partial charge in [-0.3, -0.25) is 9.78 Å². The number of carbonyl (C=O) groups excluding carboxylic acids is 1. The first-order valence-electron chi connectivity index (χ1n) is 14.6. The van der Waals surface area contributed by atoms with Crippen LogP contribution in [-0.2, 0) is 11.0 Å². The Hall–Kier alpha value is -3.86. The molecular formula is C31H34F3N7O. The number of aromatic nitrogens is 4. The van der Waals surface area contributed by atoms with E-state index < -0.39 is 11.7 Å². The molecule has 0 radical (unpaired) electrons. The quantitative estimate of drug-likeness (QED) is 0.442. The molecule has 1 amide bonds. The molecule has 3 aromatic rings. The number of rotatable bonds is 6. The summed E-state index contributed by atoms with van der Waals surface area (Å²) in [7, 11) is 0. The molecule has 1 aliphatic carbocycles. The summed E-state index contributed by atoms with van der Waals surface area (Å²) in [6.45, 7) is 2.35. The summed E-state index contributed by atoms with van der Waals surface area (Å²) in [5, 5.41) is 3.76. The minimum absolute atomic E-state index is 0.0947. The van der Waals surface area contributed by atoms with Gasteiger partial charge in [-0.1, -0.05) is 6.08 Å². The van der Waals surface area contributed by atoms with E-state index in [0.717, 1.165) is 61.9 Å². The molecule has 3 aliphatic rings. The minimum atomic E-state index is -4.42. The van der Waals surface area contributed by atoms with Crippen molar-refractivity contribution in [1.82, 2.24) is 30.2 Å². The Bertz CT molecular complexity index is 1410. The van der Waals surface area contributed by atoms with Crippen molar-refractivity contribution in [2.75, 3.05) is 31.1 Å². The van der Waals surface area contributed by atoms with Crippen LogP contribution in [0.5, 0.6) is 0 Å². The van der Waals surface area contributed by atoms with E-state index in [-0.39, 0.29) is 23.7 Å². The van der Waals surface area contributed by atoms with Gasteiger partial charge in [-0.25, -0.2) is 15.0 Å². The van der Waals surface area contributed by atoms with Crippen LogP contribution in [0.2, 0.25) is 0 Å². The van der Waals surface area contributed by atoms with E-state index in [4.69, 9.17) is 0 Å². The second-order valence-electron chi connectivity index (χ2n) is 11.3. The van der Waals surface area contributed by atoms with Gasteiger partial charge in [0.05, 0.1) is 17.2 Å². The summed E-state index contributed by atoms with van der Waals surface area (Å²) in [5.41, 5.74) is 2.40. The van der Waals surface area contributed by atoms with Crippen LogP contribution in [0.1, 0.15) is 49.8 Å². The average Bonchev–Trinajstić information content (AvgIpc) is 3.50. The van der Waals surface area contributed by atoms with Crippen molar-refractivity contribution >= 4 is 17.3 Å². The van der Waals surface area contributed by atoms with Crippen molar-refractivity contribution in [3.63, 3.8) is 0 Å². The molecule has 2 aliphatic heterocycles. The Morgan fingerprint density at radius 2 is 1.79 bits per heavy atom. The van der Waals surface area contributed by atoms with Crippen LogP contribution in [0.25, 0.3) is 17.0 Å². The smallest absolute Gasteiger partial charge is 0.356 e. The number of amides is 1. The topological polar surface area (TPSA) is 87.1 Å². The number of allylic oxidation sites excluding steroid dienone is 1. The van der Waals surface area contributed by atoms with Gasteiger partial charge in [0.1, 0.15) is 5.82 Å². The zero-order valence-electron chi connectivity index (χ0n) is 23.3. The van der Waals surface area contributed by atoms with Crippen molar-refractivity contribution in [1.29, 1.82) is 0 Å². The molecule has 2 unspecified atom stereocenters. The number of likely N-dealkylation sites (tertiary alicyclic amines) is 1. The third-order valence-corrected chi connectivity index (χ3v) is 8.47. The van der Waals surface area contributed by atoms with Crippen LogP contribution in [0.15, 0.2) is 61.2 Å². The fourth-order valence-electron chi connectivity index (χ4n) is 6.22. The van der Waals surface area contributed by atoms with Crippen LogP contribution in [0, 0.1) is 5.92 Å². The number of carbonyl (C=O) groups is 1. The van der Waals surface area contributed by atoms with Gasteiger partial charge >= 0.3 is 6.18 Å². The van der Waals surface area contributed by atoms with Gasteiger partial charge in [0, 0.05) is 68.6 Å². The predicted octanol–water partition coefficient (Wildman–Crippen LogP) is 5.00.